The molecule has 2 rings (SSSR count). The quantitative estimate of drug-likeness (QED) is 0.474. The summed E-state index contributed by atoms with van der Waals surface area (Å²) in [6, 6.07) is 12.7. The Morgan fingerprint density at radius 1 is 1.22 bits per heavy atom. The number of hydrogen-bond donors (Lipinski definition) is 0. The molecule has 0 aromatic heterocycles. The average molecular weight is 330 g/mol. The Labute approximate surface area is 139 Å². The number of nitrogens with zero attached hydrogens (tertiary/aromatic N) is 2. The van der Waals surface area contributed by atoms with Gasteiger partial charge < -0.3 is 4.90 Å². The van der Waals surface area contributed by atoms with Gasteiger partial charge in [-0.3, -0.25) is 14.9 Å². The second-order valence-corrected chi connectivity index (χ2v) is 6.12. The van der Waals surface area contributed by atoms with Gasteiger partial charge in [-0.05, 0) is 36.9 Å². The molecule has 0 atom stereocenters. The molecule has 5 nitrogen and oxygen atoms in total. The van der Waals surface area contributed by atoms with Crippen LogP contribution >= 0.6 is 11.8 Å². The largest absolute Gasteiger partial charge is 0.337 e. The molecule has 0 unspecified atom stereocenters. The fourth-order valence-electron chi connectivity index (χ4n) is 2.36. The van der Waals surface area contributed by atoms with Crippen molar-refractivity contribution >= 4 is 23.4 Å². The molecule has 0 aliphatic rings. The maximum absolute atomic E-state index is 12.6. The lowest BCUT2D eigenvalue weighted by Crippen LogP contribution is -2.27. The summed E-state index contributed by atoms with van der Waals surface area (Å²) in [5, 5.41) is 11.2. The molecule has 1 amide bonds. The van der Waals surface area contributed by atoms with Crippen molar-refractivity contribution in [1.82, 2.24) is 4.90 Å². The maximum atomic E-state index is 12.6. The number of carbonyl (C=O) groups excluding carboxylic acids is 1. The van der Waals surface area contributed by atoms with Crippen molar-refractivity contribution < 1.29 is 9.72 Å². The zero-order chi connectivity index (χ0) is 17.0. The molecular weight excluding hydrogens is 312 g/mol. The summed E-state index contributed by atoms with van der Waals surface area (Å²) in [4.78, 5) is 25.9. The molecule has 0 fully saturated rings. The summed E-state index contributed by atoms with van der Waals surface area (Å²) >= 11 is 1.65. The molecule has 120 valence electrons. The van der Waals surface area contributed by atoms with Crippen LogP contribution in [0, 0.1) is 17.0 Å². The summed E-state index contributed by atoms with van der Waals surface area (Å²) in [7, 11) is 1.65. The van der Waals surface area contributed by atoms with Crippen molar-refractivity contribution in [2.45, 2.75) is 18.4 Å². The van der Waals surface area contributed by atoms with Crippen molar-refractivity contribution in [3.8, 4) is 0 Å². The Bertz CT molecular complexity index is 729. The van der Waals surface area contributed by atoms with Gasteiger partial charge in [0.15, 0.2) is 0 Å². The van der Waals surface area contributed by atoms with Crippen LogP contribution in [-0.4, -0.2) is 29.0 Å². The number of nitro benzene ring substituents is 1. The first kappa shape index (κ1) is 17.0. The van der Waals surface area contributed by atoms with Crippen LogP contribution < -0.4 is 0 Å². The molecule has 0 saturated carbocycles. The highest BCUT2D eigenvalue weighted by Crippen LogP contribution is 2.24. The van der Waals surface area contributed by atoms with E-state index in [9.17, 15) is 14.9 Å². The van der Waals surface area contributed by atoms with Gasteiger partial charge in [-0.25, -0.2) is 0 Å². The van der Waals surface area contributed by atoms with Gasteiger partial charge >= 0.3 is 0 Å². The van der Waals surface area contributed by atoms with Crippen LogP contribution in [0.25, 0.3) is 0 Å². The summed E-state index contributed by atoms with van der Waals surface area (Å²) in [5.74, 6) is -0.352. The predicted octanol–water partition coefficient (Wildman–Crippen LogP) is 3.90. The Balaban J connectivity index is 2.22. The van der Waals surface area contributed by atoms with Crippen LogP contribution in [0.1, 0.15) is 21.5 Å². The Morgan fingerprint density at radius 3 is 2.43 bits per heavy atom. The number of nitro groups is 1. The van der Waals surface area contributed by atoms with Gasteiger partial charge in [-0.1, -0.05) is 24.3 Å². The number of rotatable bonds is 5. The van der Waals surface area contributed by atoms with Crippen molar-refractivity contribution in [3.05, 3.63) is 69.3 Å². The molecule has 6 heteroatoms. The lowest BCUT2D eigenvalue weighted by atomic mass is 10.1. The van der Waals surface area contributed by atoms with E-state index in [-0.39, 0.29) is 17.2 Å². The van der Waals surface area contributed by atoms with Gasteiger partial charge in [0.25, 0.3) is 11.6 Å². The molecule has 2 aromatic carbocycles. The molecule has 0 spiro atoms. The summed E-state index contributed by atoms with van der Waals surface area (Å²) < 4.78 is 0. The van der Waals surface area contributed by atoms with E-state index in [1.807, 2.05) is 30.5 Å². The third-order valence-corrected chi connectivity index (χ3v) is 4.32. The van der Waals surface area contributed by atoms with Crippen LogP contribution in [0.5, 0.6) is 0 Å². The second kappa shape index (κ2) is 7.28. The van der Waals surface area contributed by atoms with Crippen LogP contribution in [0.4, 0.5) is 5.69 Å². The molecule has 0 bridgehead atoms. The number of benzene rings is 2. The van der Waals surface area contributed by atoms with Crippen LogP contribution in [0.15, 0.2) is 47.4 Å². The van der Waals surface area contributed by atoms with Crippen molar-refractivity contribution in [3.63, 3.8) is 0 Å². The molecule has 23 heavy (non-hydrogen) atoms. The minimum absolute atomic E-state index is 0.123. The Kier molecular flexibility index (Phi) is 5.39. The van der Waals surface area contributed by atoms with E-state index in [1.165, 1.54) is 11.0 Å². The SMILES string of the molecule is CSc1ccc(CN(C)C(=O)c2cccc(C)c2[N+](=O)[O-])cc1. The van der Waals surface area contributed by atoms with E-state index in [1.54, 1.807) is 37.9 Å². The molecule has 0 aliphatic carbocycles. The van der Waals surface area contributed by atoms with Crippen molar-refractivity contribution in [2.24, 2.45) is 0 Å². The number of thioether (sulfide) groups is 1. The minimum Gasteiger partial charge on any atom is -0.337 e. The number of hydrogen-bond acceptors (Lipinski definition) is 4. The Hall–Kier alpha value is -2.34. The topological polar surface area (TPSA) is 63.5 Å². The zero-order valence-electron chi connectivity index (χ0n) is 13.3. The summed E-state index contributed by atoms with van der Waals surface area (Å²) in [5.41, 5.74) is 1.47. The Morgan fingerprint density at radius 2 is 1.87 bits per heavy atom. The number of carbonyl (C=O) groups is 1. The number of aryl methyl sites for hydroxylation is 1. The standard InChI is InChI=1S/C17H18N2O3S/c1-12-5-4-6-15(16(12)19(21)22)17(20)18(2)11-13-7-9-14(23-3)10-8-13/h4-10H,11H2,1-3H3. The summed E-state index contributed by atoms with van der Waals surface area (Å²) in [6.07, 6.45) is 2.00. The lowest BCUT2D eigenvalue weighted by molar-refractivity contribution is -0.385. The second-order valence-electron chi connectivity index (χ2n) is 5.24. The van der Waals surface area contributed by atoms with E-state index in [4.69, 9.17) is 0 Å². The van der Waals surface area contributed by atoms with Gasteiger partial charge in [-0.15, -0.1) is 11.8 Å². The van der Waals surface area contributed by atoms with Gasteiger partial charge in [0.1, 0.15) is 5.56 Å². The summed E-state index contributed by atoms with van der Waals surface area (Å²) in [6.45, 7) is 2.04. The smallest absolute Gasteiger partial charge is 0.285 e. The molecule has 0 saturated heterocycles. The lowest BCUT2D eigenvalue weighted by Gasteiger charge is -2.18. The molecule has 0 N–H and O–H groups in total. The fourth-order valence-corrected chi connectivity index (χ4v) is 2.76. The highest BCUT2D eigenvalue weighted by atomic mass is 32.2. The maximum Gasteiger partial charge on any atom is 0.285 e. The number of para-hydroxylation sites is 1. The van der Waals surface area contributed by atoms with E-state index >= 15 is 0 Å². The normalized spacial score (nSPS) is 10.4. The van der Waals surface area contributed by atoms with Gasteiger partial charge in [0.2, 0.25) is 0 Å². The van der Waals surface area contributed by atoms with E-state index in [0.29, 0.717) is 12.1 Å². The van der Waals surface area contributed by atoms with Crippen molar-refractivity contribution in [2.75, 3.05) is 13.3 Å². The van der Waals surface area contributed by atoms with E-state index in [0.717, 1.165) is 10.5 Å². The first-order chi connectivity index (χ1) is 10.9. The molecule has 0 heterocycles. The fraction of sp³-hybridized carbons (Fsp3) is 0.235. The van der Waals surface area contributed by atoms with Crippen LogP contribution in [-0.2, 0) is 6.54 Å². The highest BCUT2D eigenvalue weighted by Gasteiger charge is 2.24. The molecular formula is C17H18N2O3S. The molecule has 0 aliphatic heterocycles. The first-order valence-electron chi connectivity index (χ1n) is 7.06. The van der Waals surface area contributed by atoms with E-state index < -0.39 is 4.92 Å². The number of amides is 1. The van der Waals surface area contributed by atoms with Gasteiger partial charge in [0.05, 0.1) is 4.92 Å². The molecule has 0 radical (unpaired) electrons. The van der Waals surface area contributed by atoms with Gasteiger partial charge in [0, 0.05) is 24.1 Å². The van der Waals surface area contributed by atoms with Crippen molar-refractivity contribution in [1.29, 1.82) is 0 Å². The monoisotopic (exact) mass is 330 g/mol. The predicted molar refractivity (Wildman–Crippen MR) is 91.9 cm³/mol. The van der Waals surface area contributed by atoms with Crippen LogP contribution in [0.3, 0.4) is 0 Å². The third kappa shape index (κ3) is 3.90. The molecule has 2 aromatic rings. The first-order valence-corrected chi connectivity index (χ1v) is 8.29. The highest BCUT2D eigenvalue weighted by molar-refractivity contribution is 7.98. The zero-order valence-corrected chi connectivity index (χ0v) is 14.1. The average Bonchev–Trinajstić information content (AvgIpc) is 2.54. The van der Waals surface area contributed by atoms with Gasteiger partial charge in [-0.2, -0.15) is 0 Å². The third-order valence-electron chi connectivity index (χ3n) is 3.58. The van der Waals surface area contributed by atoms with Crippen LogP contribution in [0.2, 0.25) is 0 Å². The van der Waals surface area contributed by atoms with E-state index in [2.05, 4.69) is 0 Å². The minimum atomic E-state index is -0.496.